The molecule has 4 N–H and O–H groups in total. The molecule has 154 valence electrons. The van der Waals surface area contributed by atoms with Gasteiger partial charge in [-0.1, -0.05) is 30.3 Å². The van der Waals surface area contributed by atoms with Crippen LogP contribution in [0.5, 0.6) is 5.75 Å². The van der Waals surface area contributed by atoms with Crippen molar-refractivity contribution in [1.82, 2.24) is 0 Å². The average Bonchev–Trinajstić information content (AvgIpc) is 2.61. The minimum Gasteiger partial charge on any atom is -0.166 e. The van der Waals surface area contributed by atoms with Crippen molar-refractivity contribution < 1.29 is 35.0 Å². The monoisotopic (exact) mass is 471 g/mol. The summed E-state index contributed by atoms with van der Waals surface area (Å²) in [6, 6.07) is 14.0. The van der Waals surface area contributed by atoms with Gasteiger partial charge < -0.3 is 0 Å². The normalized spacial score (nSPS) is 11.5. The minimum atomic E-state index is -4.98. The molecule has 0 spiro atoms. The maximum Gasteiger partial charge on any atom is 0.416 e. The third-order valence-electron chi connectivity index (χ3n) is 3.70. The molecule has 0 aliphatic rings. The molecule has 3 rings (SSSR count). The number of amides is 1. The van der Waals surface area contributed by atoms with Gasteiger partial charge in [0.15, 0.2) is 0 Å². The van der Waals surface area contributed by atoms with Gasteiger partial charge in [-0.05, 0) is 22.9 Å². The third kappa shape index (κ3) is 6.39. The summed E-state index contributed by atoms with van der Waals surface area (Å²) < 4.78 is 65.5. The first-order chi connectivity index (χ1) is 13.4. The number of phenols is 1. The summed E-state index contributed by atoms with van der Waals surface area (Å²) in [6.07, 6.45) is -4.26. The molecule has 0 fully saturated rings. The number of hydrogen-bond donors (Lipinski definition) is 4. The van der Waals surface area contributed by atoms with E-state index in [2.05, 4.69) is 5.32 Å². The van der Waals surface area contributed by atoms with Crippen LogP contribution >= 0.6 is 0 Å². The summed E-state index contributed by atoms with van der Waals surface area (Å²) >= 11 is -4.98. The molecule has 0 saturated heterocycles. The van der Waals surface area contributed by atoms with Gasteiger partial charge in [0.1, 0.15) is 0 Å². The fourth-order valence-corrected chi connectivity index (χ4v) is 3.55. The van der Waals surface area contributed by atoms with Crippen molar-refractivity contribution in [3.63, 3.8) is 0 Å². The third-order valence-corrected chi connectivity index (χ3v) is 5.70. The Labute approximate surface area is 166 Å². The summed E-state index contributed by atoms with van der Waals surface area (Å²) in [5.41, 5.74) is -0.610. The van der Waals surface area contributed by atoms with E-state index >= 15 is 0 Å². The predicted molar refractivity (Wildman–Crippen MR) is 102 cm³/mol. The summed E-state index contributed by atoms with van der Waals surface area (Å²) in [5, 5.41) is 13.0. The van der Waals surface area contributed by atoms with Gasteiger partial charge in [0.05, 0.1) is 5.56 Å². The number of alkyl halides is 3. The van der Waals surface area contributed by atoms with Crippen molar-refractivity contribution >= 4 is 40.9 Å². The second kappa shape index (κ2) is 8.73. The standard InChI is InChI=1S/C11H7F3.C8H10AsNO5/c12-11(13,14)10-6-5-8-3-1-2-4-9(8)7-10;1-5(11)10-7-4-6(9(13,14)15)2-3-8(7)12/h1-7H;2-4,12H,1H3,(H,10,11)(H2,13,14,15). The molecule has 3 aromatic carbocycles. The van der Waals surface area contributed by atoms with Crippen LogP contribution in [0.15, 0.2) is 60.7 Å². The number of aromatic hydroxyl groups is 1. The molecule has 0 aromatic heterocycles. The van der Waals surface area contributed by atoms with Crippen LogP contribution in [0.25, 0.3) is 10.8 Å². The van der Waals surface area contributed by atoms with Gasteiger partial charge in [0.25, 0.3) is 0 Å². The van der Waals surface area contributed by atoms with Crippen molar-refractivity contribution in [2.75, 3.05) is 5.32 Å². The Hall–Kier alpha value is -2.74. The molecular formula is C19H17AsF3NO5. The van der Waals surface area contributed by atoms with Gasteiger partial charge in [-0.3, -0.25) is 0 Å². The van der Waals surface area contributed by atoms with Crippen molar-refractivity contribution in [3.8, 4) is 5.75 Å². The Kier molecular flexibility index (Phi) is 6.79. The Morgan fingerprint density at radius 3 is 2.14 bits per heavy atom. The second-order valence-corrected chi connectivity index (χ2v) is 9.35. The Morgan fingerprint density at radius 1 is 0.966 bits per heavy atom. The predicted octanol–water partition coefficient (Wildman–Crippen LogP) is 2.77. The van der Waals surface area contributed by atoms with Crippen LogP contribution in [0.2, 0.25) is 0 Å². The minimum absolute atomic E-state index is 0.00951. The topological polar surface area (TPSA) is 107 Å². The van der Waals surface area contributed by atoms with E-state index in [9.17, 15) is 26.8 Å². The molecule has 0 radical (unpaired) electrons. The van der Waals surface area contributed by atoms with E-state index in [0.717, 1.165) is 35.7 Å². The SMILES string of the molecule is CC(=O)Nc1cc([As](=O)(O)O)ccc1O.FC(F)(F)c1ccc2ccccc2c1. The average molecular weight is 471 g/mol. The summed E-state index contributed by atoms with van der Waals surface area (Å²) in [6.45, 7) is 1.23. The number of hydrogen-bond acceptors (Lipinski definition) is 3. The molecule has 0 aliphatic heterocycles. The number of phenolic OH excluding ortho intramolecular Hbond substituents is 1. The first-order valence-electron chi connectivity index (χ1n) is 8.10. The van der Waals surface area contributed by atoms with Gasteiger partial charge in [0, 0.05) is 0 Å². The van der Waals surface area contributed by atoms with E-state index in [4.69, 9.17) is 8.19 Å². The molecule has 0 heterocycles. The van der Waals surface area contributed by atoms with Gasteiger partial charge in [0.2, 0.25) is 0 Å². The molecule has 0 saturated carbocycles. The van der Waals surface area contributed by atoms with Crippen LogP contribution in [0.4, 0.5) is 18.9 Å². The molecule has 6 nitrogen and oxygen atoms in total. The number of halogens is 3. The molecule has 0 aliphatic carbocycles. The first-order valence-corrected chi connectivity index (χ1v) is 11.5. The number of nitrogens with one attached hydrogen (secondary N) is 1. The molecule has 1 amide bonds. The van der Waals surface area contributed by atoms with Gasteiger partial charge >= 0.3 is 94.3 Å². The number of fused-ring (bicyclic) bond motifs is 1. The van der Waals surface area contributed by atoms with Crippen molar-refractivity contribution in [2.45, 2.75) is 13.1 Å². The quantitative estimate of drug-likeness (QED) is 0.340. The largest absolute Gasteiger partial charge is 0.416 e. The zero-order valence-electron chi connectivity index (χ0n) is 15.0. The van der Waals surface area contributed by atoms with Crippen molar-refractivity contribution in [1.29, 1.82) is 0 Å². The van der Waals surface area contributed by atoms with Crippen LogP contribution in [0.3, 0.4) is 0 Å². The fraction of sp³-hybridized carbons (Fsp3) is 0.105. The Bertz CT molecular complexity index is 1080. The molecule has 0 unspecified atom stereocenters. The molecule has 29 heavy (non-hydrogen) atoms. The first kappa shape index (κ1) is 22.5. The van der Waals surface area contributed by atoms with Crippen molar-refractivity contribution in [2.24, 2.45) is 0 Å². The van der Waals surface area contributed by atoms with Crippen LogP contribution < -0.4 is 9.67 Å². The summed E-state index contributed by atoms with van der Waals surface area (Å²) in [5.74, 6) is -0.668. The number of rotatable bonds is 2. The van der Waals surface area contributed by atoms with Gasteiger partial charge in [-0.25, -0.2) is 0 Å². The molecule has 0 atom stereocenters. The van der Waals surface area contributed by atoms with Crippen LogP contribution in [-0.2, 0) is 14.7 Å². The number of benzene rings is 3. The Balaban J connectivity index is 0.000000207. The Morgan fingerprint density at radius 2 is 1.59 bits per heavy atom. The zero-order valence-corrected chi connectivity index (χ0v) is 16.9. The van der Waals surface area contributed by atoms with E-state index < -0.39 is 31.8 Å². The van der Waals surface area contributed by atoms with Gasteiger partial charge in [-0.2, -0.15) is 13.2 Å². The number of carbonyl (C=O) groups is 1. The van der Waals surface area contributed by atoms with Crippen LogP contribution in [0, 0.1) is 0 Å². The molecular weight excluding hydrogens is 454 g/mol. The molecule has 3 aromatic rings. The van der Waals surface area contributed by atoms with Crippen LogP contribution in [0.1, 0.15) is 12.5 Å². The van der Waals surface area contributed by atoms with Crippen LogP contribution in [-0.4, -0.2) is 33.4 Å². The van der Waals surface area contributed by atoms with E-state index in [0.29, 0.717) is 5.39 Å². The number of anilines is 1. The van der Waals surface area contributed by atoms with E-state index in [1.807, 2.05) is 0 Å². The van der Waals surface area contributed by atoms with E-state index in [1.165, 1.54) is 13.0 Å². The number of carbonyl (C=O) groups excluding carboxylic acids is 1. The smallest absolute Gasteiger partial charge is 0.166 e. The van der Waals surface area contributed by atoms with E-state index in [-0.39, 0.29) is 15.8 Å². The molecule has 0 bridgehead atoms. The second-order valence-electron chi connectivity index (χ2n) is 5.99. The fourth-order valence-electron chi connectivity index (χ4n) is 2.36. The van der Waals surface area contributed by atoms with Gasteiger partial charge in [-0.15, -0.1) is 0 Å². The maximum atomic E-state index is 12.3. The molecule has 10 heteroatoms. The summed E-state index contributed by atoms with van der Waals surface area (Å²) in [7, 11) is 0. The summed E-state index contributed by atoms with van der Waals surface area (Å²) in [4.78, 5) is 10.7. The van der Waals surface area contributed by atoms with Crippen molar-refractivity contribution in [3.05, 3.63) is 66.2 Å². The maximum absolute atomic E-state index is 12.3. The zero-order chi connectivity index (χ0) is 21.8. The van der Waals surface area contributed by atoms with E-state index in [1.54, 1.807) is 24.3 Å².